The van der Waals surface area contributed by atoms with Crippen molar-refractivity contribution in [3.8, 4) is 0 Å². The van der Waals surface area contributed by atoms with E-state index in [9.17, 15) is 4.55 Å². The molecule has 0 bridgehead atoms. The zero-order chi connectivity index (χ0) is 13.7. The molecule has 5 heteroatoms. The van der Waals surface area contributed by atoms with Gasteiger partial charge in [-0.2, -0.15) is 4.98 Å². The van der Waals surface area contributed by atoms with Crippen LogP contribution >= 0.6 is 0 Å². The predicted molar refractivity (Wildman–Crippen MR) is 77.9 cm³/mol. The topological polar surface area (TPSA) is 53.8 Å². The van der Waals surface area contributed by atoms with Crippen LogP contribution in [0, 0.1) is 6.92 Å². The van der Waals surface area contributed by atoms with Crippen LogP contribution in [0.3, 0.4) is 0 Å². The summed E-state index contributed by atoms with van der Waals surface area (Å²) in [5.41, 5.74) is 4.01. The number of benzene rings is 1. The van der Waals surface area contributed by atoms with Crippen LogP contribution in [0.5, 0.6) is 0 Å². The van der Waals surface area contributed by atoms with Gasteiger partial charge >= 0.3 is 5.16 Å². The molecule has 3 aromatic rings. The summed E-state index contributed by atoms with van der Waals surface area (Å²) in [7, 11) is 0. The number of hydrogen-bond acceptors (Lipinski definition) is 3. The first-order valence-electron chi connectivity index (χ1n) is 6.53. The molecule has 3 heterocycles. The Bertz CT molecular complexity index is 784. The Morgan fingerprint density at radius 2 is 2.15 bits per heavy atom. The maximum Gasteiger partial charge on any atom is 0.325 e. The minimum Gasteiger partial charge on any atom is -0.608 e. The first-order valence-corrected chi connectivity index (χ1v) is 7.74. The standard InChI is InChI=1S/C15H13N3OS/c1-10-5-4-7-12-14(10)17-15-18(12)9-13(20(15)19)11-6-2-3-8-16-11/h2-8,13H,9H2,1H3. The molecule has 0 radical (unpaired) electrons. The molecule has 0 amide bonds. The molecule has 0 saturated carbocycles. The van der Waals surface area contributed by atoms with E-state index in [-0.39, 0.29) is 5.25 Å². The monoisotopic (exact) mass is 283 g/mol. The molecule has 1 aliphatic rings. The third kappa shape index (κ3) is 1.60. The van der Waals surface area contributed by atoms with Gasteiger partial charge in [-0.1, -0.05) is 18.2 Å². The van der Waals surface area contributed by atoms with Gasteiger partial charge in [0.05, 0.1) is 23.3 Å². The number of imidazole rings is 1. The fraction of sp³-hybridized carbons (Fsp3) is 0.200. The van der Waals surface area contributed by atoms with Crippen molar-refractivity contribution in [1.82, 2.24) is 14.5 Å². The van der Waals surface area contributed by atoms with Crippen molar-refractivity contribution in [2.24, 2.45) is 0 Å². The van der Waals surface area contributed by atoms with Crippen LogP contribution in [0.1, 0.15) is 16.5 Å². The molecular formula is C15H13N3OS. The number of nitrogens with zero attached hydrogens (tertiary/aromatic N) is 3. The molecule has 0 aliphatic carbocycles. The van der Waals surface area contributed by atoms with Crippen LogP contribution in [-0.2, 0) is 17.7 Å². The summed E-state index contributed by atoms with van der Waals surface area (Å²) in [5, 5.41) is 0.577. The van der Waals surface area contributed by atoms with Gasteiger partial charge in [0.2, 0.25) is 0 Å². The van der Waals surface area contributed by atoms with E-state index in [2.05, 4.69) is 14.5 Å². The van der Waals surface area contributed by atoms with E-state index >= 15 is 0 Å². The van der Waals surface area contributed by atoms with E-state index in [0.717, 1.165) is 22.3 Å². The van der Waals surface area contributed by atoms with Crippen molar-refractivity contribution in [1.29, 1.82) is 0 Å². The molecule has 0 spiro atoms. The van der Waals surface area contributed by atoms with Gasteiger partial charge in [0.15, 0.2) is 5.25 Å². The van der Waals surface area contributed by atoms with Gasteiger partial charge in [0.1, 0.15) is 0 Å². The summed E-state index contributed by atoms with van der Waals surface area (Å²) >= 11 is -1.14. The summed E-state index contributed by atoms with van der Waals surface area (Å²) in [6.45, 7) is 2.71. The summed E-state index contributed by atoms with van der Waals surface area (Å²) in [5.74, 6) is 0. The average molecular weight is 283 g/mol. The number of aromatic nitrogens is 3. The molecule has 0 N–H and O–H groups in total. The number of hydrogen-bond donors (Lipinski definition) is 0. The number of rotatable bonds is 1. The highest BCUT2D eigenvalue weighted by molar-refractivity contribution is 7.91. The SMILES string of the molecule is Cc1cccc2c1nc1n2CC(c2ccccn2)[S+]1[O-]. The molecule has 4 nitrogen and oxygen atoms in total. The molecule has 4 rings (SSSR count). The van der Waals surface area contributed by atoms with Crippen LogP contribution in [0.2, 0.25) is 0 Å². The Morgan fingerprint density at radius 3 is 2.95 bits per heavy atom. The number of aryl methyl sites for hydroxylation is 1. The van der Waals surface area contributed by atoms with Crippen LogP contribution in [-0.4, -0.2) is 19.1 Å². The summed E-state index contributed by atoms with van der Waals surface area (Å²) in [6, 6.07) is 11.8. The number of para-hydroxylation sites is 1. The lowest BCUT2D eigenvalue weighted by molar-refractivity contribution is 0.584. The van der Waals surface area contributed by atoms with E-state index in [1.807, 2.05) is 43.3 Å². The van der Waals surface area contributed by atoms with Gasteiger partial charge in [0, 0.05) is 17.4 Å². The first kappa shape index (κ1) is 11.9. The smallest absolute Gasteiger partial charge is 0.325 e. The first-order chi connectivity index (χ1) is 9.75. The fourth-order valence-corrected chi connectivity index (χ4v) is 4.20. The van der Waals surface area contributed by atoms with Gasteiger partial charge < -0.3 is 4.55 Å². The van der Waals surface area contributed by atoms with E-state index in [0.29, 0.717) is 11.7 Å². The predicted octanol–water partition coefficient (Wildman–Crippen LogP) is 2.60. The average Bonchev–Trinajstić information content (AvgIpc) is 2.99. The third-order valence-electron chi connectivity index (χ3n) is 3.75. The van der Waals surface area contributed by atoms with Crippen molar-refractivity contribution < 1.29 is 4.55 Å². The van der Waals surface area contributed by atoms with Crippen molar-refractivity contribution in [3.63, 3.8) is 0 Å². The minimum atomic E-state index is -1.14. The zero-order valence-corrected chi connectivity index (χ0v) is 11.8. The van der Waals surface area contributed by atoms with Crippen LogP contribution < -0.4 is 0 Å². The van der Waals surface area contributed by atoms with Gasteiger partial charge in [-0.15, -0.1) is 0 Å². The molecule has 100 valence electrons. The maximum absolute atomic E-state index is 12.7. The molecule has 1 aromatic carbocycles. The highest BCUT2D eigenvalue weighted by Crippen LogP contribution is 2.38. The van der Waals surface area contributed by atoms with Gasteiger partial charge in [-0.05, 0) is 30.7 Å². The highest BCUT2D eigenvalue weighted by Gasteiger charge is 2.40. The lowest BCUT2D eigenvalue weighted by Gasteiger charge is -2.10. The van der Waals surface area contributed by atoms with Crippen molar-refractivity contribution in [3.05, 3.63) is 53.9 Å². The lowest BCUT2D eigenvalue weighted by atomic mass is 10.2. The van der Waals surface area contributed by atoms with E-state index < -0.39 is 11.2 Å². The van der Waals surface area contributed by atoms with Crippen LogP contribution in [0.25, 0.3) is 11.0 Å². The zero-order valence-electron chi connectivity index (χ0n) is 11.0. The second-order valence-corrected chi connectivity index (χ2v) is 6.52. The van der Waals surface area contributed by atoms with E-state index in [1.165, 1.54) is 0 Å². The molecule has 2 unspecified atom stereocenters. The number of fused-ring (bicyclic) bond motifs is 3. The van der Waals surface area contributed by atoms with Crippen molar-refractivity contribution in [2.45, 2.75) is 23.9 Å². The largest absolute Gasteiger partial charge is 0.608 e. The summed E-state index contributed by atoms with van der Waals surface area (Å²) < 4.78 is 14.7. The Balaban J connectivity index is 1.84. The minimum absolute atomic E-state index is 0.0939. The van der Waals surface area contributed by atoms with Gasteiger partial charge in [0.25, 0.3) is 0 Å². The quantitative estimate of drug-likeness (QED) is 0.645. The van der Waals surface area contributed by atoms with E-state index in [4.69, 9.17) is 0 Å². The van der Waals surface area contributed by atoms with Crippen molar-refractivity contribution >= 4 is 22.2 Å². The third-order valence-corrected chi connectivity index (χ3v) is 5.33. The Hall–Kier alpha value is -1.85. The Kier molecular flexibility index (Phi) is 2.58. The molecule has 20 heavy (non-hydrogen) atoms. The van der Waals surface area contributed by atoms with Gasteiger partial charge in [-0.3, -0.25) is 9.55 Å². The molecule has 2 atom stereocenters. The Morgan fingerprint density at radius 1 is 1.25 bits per heavy atom. The second kappa shape index (κ2) is 4.33. The highest BCUT2D eigenvalue weighted by atomic mass is 32.2. The molecular weight excluding hydrogens is 270 g/mol. The van der Waals surface area contributed by atoms with Crippen LogP contribution in [0.4, 0.5) is 0 Å². The Labute approximate surface area is 119 Å². The van der Waals surface area contributed by atoms with Crippen LogP contribution in [0.15, 0.2) is 47.8 Å². The second-order valence-electron chi connectivity index (χ2n) is 4.99. The molecule has 0 saturated heterocycles. The lowest BCUT2D eigenvalue weighted by Crippen LogP contribution is -2.11. The molecule has 2 aromatic heterocycles. The summed E-state index contributed by atoms with van der Waals surface area (Å²) in [4.78, 5) is 8.92. The molecule has 0 fully saturated rings. The fourth-order valence-electron chi connectivity index (χ4n) is 2.73. The molecule has 1 aliphatic heterocycles. The van der Waals surface area contributed by atoms with E-state index in [1.54, 1.807) is 6.20 Å². The maximum atomic E-state index is 12.7. The normalized spacial score (nSPS) is 21.3. The number of pyridine rings is 1. The van der Waals surface area contributed by atoms with Gasteiger partial charge in [-0.25, -0.2) is 0 Å². The van der Waals surface area contributed by atoms with Crippen molar-refractivity contribution in [2.75, 3.05) is 0 Å². The summed E-state index contributed by atoms with van der Waals surface area (Å²) in [6.07, 6.45) is 1.75.